The summed E-state index contributed by atoms with van der Waals surface area (Å²) in [5.74, 6) is 0. The largest absolute Gasteiger partial charge is 0.396 e. The fraction of sp³-hybridized carbons (Fsp3) is 0.286. The maximum Gasteiger partial charge on any atom is 0.0972 e. The lowest BCUT2D eigenvalue weighted by molar-refractivity contribution is -0.134. The van der Waals surface area contributed by atoms with E-state index in [1.165, 1.54) is 0 Å². The van der Waals surface area contributed by atoms with Crippen molar-refractivity contribution >= 4 is 0 Å². The molecule has 1 saturated heterocycles. The Bertz CT molecular complexity index is 837. The molecule has 0 aliphatic carbocycles. The van der Waals surface area contributed by atoms with E-state index in [0.29, 0.717) is 19.8 Å². The first kappa shape index (κ1) is 17.0. The van der Waals surface area contributed by atoms with Gasteiger partial charge in [-0.3, -0.25) is 0 Å². The zero-order valence-corrected chi connectivity index (χ0v) is 14.6. The number of ether oxygens (including phenoxy) is 1. The van der Waals surface area contributed by atoms with E-state index in [1.807, 2.05) is 53.2 Å². The van der Waals surface area contributed by atoms with Gasteiger partial charge in [-0.15, -0.1) is 0 Å². The van der Waals surface area contributed by atoms with Crippen LogP contribution < -0.4 is 5.32 Å². The smallest absolute Gasteiger partial charge is 0.0972 e. The van der Waals surface area contributed by atoms with Gasteiger partial charge in [-0.25, -0.2) is 4.68 Å². The zero-order chi connectivity index (χ0) is 17.8. The van der Waals surface area contributed by atoms with Gasteiger partial charge in [-0.05, 0) is 12.1 Å². The summed E-state index contributed by atoms with van der Waals surface area (Å²) in [6.45, 7) is 2.80. The van der Waals surface area contributed by atoms with Crippen molar-refractivity contribution in [1.82, 2.24) is 15.1 Å². The topological polar surface area (TPSA) is 59.3 Å². The van der Waals surface area contributed by atoms with Gasteiger partial charge in [0, 0.05) is 30.4 Å². The van der Waals surface area contributed by atoms with Crippen LogP contribution in [-0.4, -0.2) is 41.3 Å². The molecule has 26 heavy (non-hydrogen) atoms. The van der Waals surface area contributed by atoms with Crippen molar-refractivity contribution in [3.63, 3.8) is 0 Å². The summed E-state index contributed by atoms with van der Waals surface area (Å²) in [4.78, 5) is 0. The quantitative estimate of drug-likeness (QED) is 0.688. The van der Waals surface area contributed by atoms with E-state index in [-0.39, 0.29) is 12.0 Å². The number of hydrogen-bond acceptors (Lipinski definition) is 4. The number of aliphatic hydroxyl groups is 1. The highest BCUT2D eigenvalue weighted by Gasteiger charge is 2.37. The van der Waals surface area contributed by atoms with E-state index in [9.17, 15) is 5.11 Å². The molecule has 2 heterocycles. The molecule has 0 bridgehead atoms. The second kappa shape index (κ2) is 7.41. The molecule has 0 radical (unpaired) electrons. The normalized spacial score (nSPS) is 15.6. The van der Waals surface area contributed by atoms with Crippen molar-refractivity contribution in [2.24, 2.45) is 5.41 Å². The number of aliphatic hydroxyl groups excluding tert-OH is 1. The summed E-state index contributed by atoms with van der Waals surface area (Å²) < 4.78 is 7.19. The third-order valence-electron chi connectivity index (χ3n) is 4.83. The predicted molar refractivity (Wildman–Crippen MR) is 101 cm³/mol. The Morgan fingerprint density at radius 2 is 1.73 bits per heavy atom. The second-order valence-corrected chi connectivity index (χ2v) is 6.90. The number of nitrogens with one attached hydrogen (secondary N) is 1. The molecule has 2 N–H and O–H groups in total. The van der Waals surface area contributed by atoms with Crippen LogP contribution in [0.4, 0.5) is 0 Å². The standard InChI is InChI=1S/C21H23N3O2/c25-14-21(15-26-16-21)13-22-11-18-12-24(19-9-5-2-6-10-19)23-20(18)17-7-3-1-4-8-17/h1-10,12,22,25H,11,13-16H2. The summed E-state index contributed by atoms with van der Waals surface area (Å²) in [6, 6.07) is 20.3. The number of para-hydroxylation sites is 1. The van der Waals surface area contributed by atoms with Gasteiger partial charge in [-0.1, -0.05) is 48.5 Å². The Hall–Kier alpha value is -2.47. The van der Waals surface area contributed by atoms with Crippen molar-refractivity contribution in [3.05, 3.63) is 72.4 Å². The average molecular weight is 349 g/mol. The molecule has 1 aliphatic heterocycles. The second-order valence-electron chi connectivity index (χ2n) is 6.90. The highest BCUT2D eigenvalue weighted by Crippen LogP contribution is 2.27. The van der Waals surface area contributed by atoms with Crippen LogP contribution in [0.5, 0.6) is 0 Å². The number of nitrogens with zero attached hydrogens (tertiary/aromatic N) is 2. The summed E-state index contributed by atoms with van der Waals surface area (Å²) in [5, 5.41) is 17.9. The van der Waals surface area contributed by atoms with E-state index < -0.39 is 0 Å². The van der Waals surface area contributed by atoms with Crippen LogP contribution in [0.1, 0.15) is 5.56 Å². The minimum atomic E-state index is -0.137. The van der Waals surface area contributed by atoms with Crippen molar-refractivity contribution in [3.8, 4) is 16.9 Å². The Morgan fingerprint density at radius 1 is 1.04 bits per heavy atom. The van der Waals surface area contributed by atoms with Crippen LogP contribution in [-0.2, 0) is 11.3 Å². The minimum Gasteiger partial charge on any atom is -0.396 e. The number of benzene rings is 2. The Labute approximate surface area is 153 Å². The van der Waals surface area contributed by atoms with Crippen LogP contribution in [0.2, 0.25) is 0 Å². The van der Waals surface area contributed by atoms with Crippen molar-refractivity contribution in [1.29, 1.82) is 0 Å². The predicted octanol–water partition coefficient (Wildman–Crippen LogP) is 2.64. The Balaban J connectivity index is 1.58. The summed E-state index contributed by atoms with van der Waals surface area (Å²) in [5.41, 5.74) is 4.11. The van der Waals surface area contributed by atoms with Crippen LogP contribution >= 0.6 is 0 Å². The Morgan fingerprint density at radius 3 is 2.35 bits per heavy atom. The van der Waals surface area contributed by atoms with Gasteiger partial charge in [0.25, 0.3) is 0 Å². The number of rotatable bonds is 7. The lowest BCUT2D eigenvalue weighted by atomic mass is 9.87. The lowest BCUT2D eigenvalue weighted by Crippen LogP contribution is -2.52. The van der Waals surface area contributed by atoms with Gasteiger partial charge < -0.3 is 15.2 Å². The molecule has 0 atom stereocenters. The fourth-order valence-electron chi connectivity index (χ4n) is 3.19. The van der Waals surface area contributed by atoms with E-state index in [0.717, 1.165) is 29.1 Å². The molecule has 0 amide bonds. The maximum atomic E-state index is 9.58. The van der Waals surface area contributed by atoms with Gasteiger partial charge in [-0.2, -0.15) is 5.10 Å². The van der Waals surface area contributed by atoms with Crippen LogP contribution in [0.25, 0.3) is 16.9 Å². The number of aromatic nitrogens is 2. The molecule has 1 fully saturated rings. The van der Waals surface area contributed by atoms with E-state index in [4.69, 9.17) is 9.84 Å². The SMILES string of the molecule is OCC1(CNCc2cn(-c3ccccc3)nc2-c2ccccc2)COC1. The van der Waals surface area contributed by atoms with Crippen LogP contribution in [0, 0.1) is 5.41 Å². The molecular weight excluding hydrogens is 326 g/mol. The molecule has 1 aromatic heterocycles. The molecule has 5 heteroatoms. The van der Waals surface area contributed by atoms with Gasteiger partial charge in [0.05, 0.1) is 36.6 Å². The van der Waals surface area contributed by atoms with Gasteiger partial charge in [0.15, 0.2) is 0 Å². The van der Waals surface area contributed by atoms with Gasteiger partial charge in [0.2, 0.25) is 0 Å². The fourth-order valence-corrected chi connectivity index (χ4v) is 3.19. The van der Waals surface area contributed by atoms with Gasteiger partial charge >= 0.3 is 0 Å². The maximum absolute atomic E-state index is 9.58. The highest BCUT2D eigenvalue weighted by molar-refractivity contribution is 5.63. The highest BCUT2D eigenvalue weighted by atomic mass is 16.5. The van der Waals surface area contributed by atoms with Crippen LogP contribution in [0.3, 0.4) is 0 Å². The monoisotopic (exact) mass is 349 g/mol. The molecule has 0 saturated carbocycles. The molecule has 134 valence electrons. The molecule has 5 nitrogen and oxygen atoms in total. The first-order valence-corrected chi connectivity index (χ1v) is 8.88. The molecule has 2 aromatic carbocycles. The molecule has 1 aliphatic rings. The van der Waals surface area contributed by atoms with Gasteiger partial charge in [0.1, 0.15) is 0 Å². The average Bonchev–Trinajstić information content (AvgIpc) is 3.10. The summed E-state index contributed by atoms with van der Waals surface area (Å²) >= 11 is 0. The van der Waals surface area contributed by atoms with E-state index >= 15 is 0 Å². The van der Waals surface area contributed by atoms with Crippen molar-refractivity contribution in [2.75, 3.05) is 26.4 Å². The lowest BCUT2D eigenvalue weighted by Gasteiger charge is -2.40. The number of hydrogen-bond donors (Lipinski definition) is 2. The van der Waals surface area contributed by atoms with E-state index in [1.54, 1.807) is 0 Å². The molecule has 0 spiro atoms. The first-order chi connectivity index (χ1) is 12.8. The molecule has 0 unspecified atom stereocenters. The summed E-state index contributed by atoms with van der Waals surface area (Å²) in [7, 11) is 0. The summed E-state index contributed by atoms with van der Waals surface area (Å²) in [6.07, 6.45) is 2.08. The van der Waals surface area contributed by atoms with E-state index in [2.05, 4.69) is 23.6 Å². The minimum absolute atomic E-state index is 0.137. The first-order valence-electron chi connectivity index (χ1n) is 8.88. The molecule has 3 aromatic rings. The third kappa shape index (κ3) is 3.42. The molecular formula is C21H23N3O2. The van der Waals surface area contributed by atoms with Crippen molar-refractivity contribution < 1.29 is 9.84 Å². The zero-order valence-electron chi connectivity index (χ0n) is 14.6. The Kier molecular flexibility index (Phi) is 4.84. The third-order valence-corrected chi connectivity index (χ3v) is 4.83. The molecule has 4 rings (SSSR count). The van der Waals surface area contributed by atoms with Crippen LogP contribution in [0.15, 0.2) is 66.9 Å². The van der Waals surface area contributed by atoms with Crippen molar-refractivity contribution in [2.45, 2.75) is 6.54 Å².